The molecule has 2 N–H and O–H groups in total. The number of aliphatic hydroxyl groups is 1. The van der Waals surface area contributed by atoms with Crippen LogP contribution < -0.4 is 10.1 Å². The predicted octanol–water partition coefficient (Wildman–Crippen LogP) is 6.80. The van der Waals surface area contributed by atoms with Crippen molar-refractivity contribution >= 4 is 5.69 Å². The lowest BCUT2D eigenvalue weighted by atomic mass is 10.1. The first-order chi connectivity index (χ1) is 14.2. The maximum atomic E-state index is 8.75. The molecule has 0 amide bonds. The first kappa shape index (κ1) is 23.3. The molecular formula is C26H39NO2. The summed E-state index contributed by atoms with van der Waals surface area (Å²) >= 11 is 0. The van der Waals surface area contributed by atoms with Crippen LogP contribution in [-0.4, -0.2) is 18.3 Å². The molecule has 0 fully saturated rings. The number of rotatable bonds is 15. The van der Waals surface area contributed by atoms with Crippen molar-refractivity contribution in [3.8, 4) is 5.75 Å². The van der Waals surface area contributed by atoms with Gasteiger partial charge in [0.2, 0.25) is 0 Å². The summed E-state index contributed by atoms with van der Waals surface area (Å²) in [6.07, 6.45) is 11.0. The molecule has 0 radical (unpaired) electrons. The monoisotopic (exact) mass is 397 g/mol. The highest BCUT2D eigenvalue weighted by atomic mass is 16.5. The standard InChI is InChI=1S/C26H39NO2/c1-22-18-23(2)20-24(19-22)21-27-25-12-14-26(15-13-25)29-17-11-9-7-5-3-4-6-8-10-16-28/h12-15,18-20,27-28H,3-11,16-17,21H2,1-2H3. The molecule has 0 spiro atoms. The number of hydrogen-bond donors (Lipinski definition) is 2. The van der Waals surface area contributed by atoms with E-state index in [1.807, 2.05) is 0 Å². The summed E-state index contributed by atoms with van der Waals surface area (Å²) in [4.78, 5) is 0. The minimum absolute atomic E-state index is 0.340. The first-order valence-electron chi connectivity index (χ1n) is 11.3. The normalized spacial score (nSPS) is 10.9. The predicted molar refractivity (Wildman–Crippen MR) is 124 cm³/mol. The fourth-order valence-electron chi connectivity index (χ4n) is 3.69. The largest absolute Gasteiger partial charge is 0.494 e. The maximum Gasteiger partial charge on any atom is 0.119 e. The average Bonchev–Trinajstić information content (AvgIpc) is 2.71. The molecule has 0 aliphatic rings. The third-order valence-electron chi connectivity index (χ3n) is 5.20. The van der Waals surface area contributed by atoms with Crippen molar-refractivity contribution in [3.63, 3.8) is 0 Å². The maximum absolute atomic E-state index is 8.75. The van der Waals surface area contributed by atoms with Crippen LogP contribution in [0, 0.1) is 13.8 Å². The van der Waals surface area contributed by atoms with Crippen molar-refractivity contribution in [2.75, 3.05) is 18.5 Å². The van der Waals surface area contributed by atoms with Gasteiger partial charge in [0.25, 0.3) is 0 Å². The van der Waals surface area contributed by atoms with Crippen LogP contribution in [0.1, 0.15) is 74.5 Å². The number of aliphatic hydroxyl groups excluding tert-OH is 1. The summed E-state index contributed by atoms with van der Waals surface area (Å²) < 4.78 is 5.88. The van der Waals surface area contributed by atoms with Crippen molar-refractivity contribution in [1.82, 2.24) is 0 Å². The molecule has 2 rings (SSSR count). The van der Waals surface area contributed by atoms with Crippen molar-refractivity contribution in [2.45, 2.75) is 78.2 Å². The van der Waals surface area contributed by atoms with E-state index >= 15 is 0 Å². The Bertz CT molecular complexity index is 661. The van der Waals surface area contributed by atoms with Crippen LogP contribution in [0.4, 0.5) is 5.69 Å². The van der Waals surface area contributed by atoms with Crippen LogP contribution in [-0.2, 0) is 6.54 Å². The summed E-state index contributed by atoms with van der Waals surface area (Å²) in [6.45, 7) is 6.26. The highest BCUT2D eigenvalue weighted by Crippen LogP contribution is 2.18. The molecule has 0 atom stereocenters. The lowest BCUT2D eigenvalue weighted by Crippen LogP contribution is -2.01. The summed E-state index contributed by atoms with van der Waals surface area (Å²) in [6, 6.07) is 15.0. The van der Waals surface area contributed by atoms with Crippen LogP contribution in [0.3, 0.4) is 0 Å². The van der Waals surface area contributed by atoms with Crippen molar-refractivity contribution in [3.05, 3.63) is 59.2 Å². The van der Waals surface area contributed by atoms with E-state index in [1.54, 1.807) is 0 Å². The summed E-state index contributed by atoms with van der Waals surface area (Å²) in [5.74, 6) is 0.950. The van der Waals surface area contributed by atoms with Crippen molar-refractivity contribution in [1.29, 1.82) is 0 Å². The molecule has 0 saturated heterocycles. The molecule has 0 aliphatic carbocycles. The Morgan fingerprint density at radius 3 is 1.86 bits per heavy atom. The SMILES string of the molecule is Cc1cc(C)cc(CNc2ccc(OCCCCCCCCCCCO)cc2)c1. The van der Waals surface area contributed by atoms with E-state index in [-0.39, 0.29) is 0 Å². The quantitative estimate of drug-likeness (QED) is 0.325. The molecule has 2 aromatic carbocycles. The Morgan fingerprint density at radius 1 is 0.724 bits per heavy atom. The van der Waals surface area contributed by atoms with Crippen LogP contribution in [0.25, 0.3) is 0 Å². The summed E-state index contributed by atoms with van der Waals surface area (Å²) in [5, 5.41) is 12.2. The van der Waals surface area contributed by atoms with Gasteiger partial charge >= 0.3 is 0 Å². The summed E-state index contributed by atoms with van der Waals surface area (Å²) in [7, 11) is 0. The lowest BCUT2D eigenvalue weighted by molar-refractivity contribution is 0.282. The summed E-state index contributed by atoms with van der Waals surface area (Å²) in [5.41, 5.74) is 5.05. The topological polar surface area (TPSA) is 41.5 Å². The lowest BCUT2D eigenvalue weighted by Gasteiger charge is -2.10. The van der Waals surface area contributed by atoms with Gasteiger partial charge in [0, 0.05) is 18.8 Å². The Kier molecular flexibility index (Phi) is 11.3. The van der Waals surface area contributed by atoms with Gasteiger partial charge < -0.3 is 15.2 Å². The second-order valence-corrected chi connectivity index (χ2v) is 8.13. The van der Waals surface area contributed by atoms with E-state index in [2.05, 4.69) is 61.6 Å². The van der Waals surface area contributed by atoms with E-state index in [0.717, 1.165) is 37.4 Å². The molecule has 29 heavy (non-hydrogen) atoms. The number of aryl methyl sites for hydroxylation is 2. The molecule has 0 unspecified atom stereocenters. The van der Waals surface area contributed by atoms with Crippen LogP contribution in [0.2, 0.25) is 0 Å². The molecule has 2 aromatic rings. The Labute approximate surface area is 177 Å². The van der Waals surface area contributed by atoms with E-state index in [1.165, 1.54) is 61.6 Å². The van der Waals surface area contributed by atoms with Crippen molar-refractivity contribution in [2.24, 2.45) is 0 Å². The molecule has 3 heteroatoms. The van der Waals surface area contributed by atoms with Crippen LogP contribution in [0.15, 0.2) is 42.5 Å². The smallest absolute Gasteiger partial charge is 0.119 e. The fraction of sp³-hybridized carbons (Fsp3) is 0.538. The zero-order valence-electron chi connectivity index (χ0n) is 18.4. The second-order valence-electron chi connectivity index (χ2n) is 8.13. The fourth-order valence-corrected chi connectivity index (χ4v) is 3.69. The van der Waals surface area contributed by atoms with E-state index in [9.17, 15) is 0 Å². The molecule has 0 bridgehead atoms. The van der Waals surface area contributed by atoms with Crippen molar-refractivity contribution < 1.29 is 9.84 Å². The molecular weight excluding hydrogens is 358 g/mol. The Balaban J connectivity index is 1.54. The first-order valence-corrected chi connectivity index (χ1v) is 11.3. The number of benzene rings is 2. The third-order valence-corrected chi connectivity index (χ3v) is 5.20. The zero-order chi connectivity index (χ0) is 20.7. The molecule has 0 heterocycles. The second kappa shape index (κ2) is 14.1. The van der Waals surface area contributed by atoms with Crippen LogP contribution in [0.5, 0.6) is 5.75 Å². The van der Waals surface area contributed by atoms with Gasteiger partial charge in [-0.1, -0.05) is 74.3 Å². The number of ether oxygens (including phenoxy) is 1. The molecule has 0 saturated carbocycles. The third kappa shape index (κ3) is 10.4. The Hall–Kier alpha value is -2.00. The van der Waals surface area contributed by atoms with E-state index < -0.39 is 0 Å². The molecule has 0 aromatic heterocycles. The number of unbranched alkanes of at least 4 members (excludes halogenated alkanes) is 8. The van der Waals surface area contributed by atoms with Gasteiger partial charge in [-0.3, -0.25) is 0 Å². The highest BCUT2D eigenvalue weighted by Gasteiger charge is 1.99. The van der Waals surface area contributed by atoms with Gasteiger partial charge in [0.15, 0.2) is 0 Å². The Morgan fingerprint density at radius 2 is 1.28 bits per heavy atom. The number of nitrogens with one attached hydrogen (secondary N) is 1. The van der Waals surface area contributed by atoms with Gasteiger partial charge in [-0.05, 0) is 56.5 Å². The van der Waals surface area contributed by atoms with Gasteiger partial charge in [-0.15, -0.1) is 0 Å². The van der Waals surface area contributed by atoms with Gasteiger partial charge in [0.1, 0.15) is 5.75 Å². The van der Waals surface area contributed by atoms with Crippen LogP contribution >= 0.6 is 0 Å². The van der Waals surface area contributed by atoms with E-state index in [4.69, 9.17) is 9.84 Å². The number of anilines is 1. The average molecular weight is 398 g/mol. The van der Waals surface area contributed by atoms with Gasteiger partial charge in [-0.25, -0.2) is 0 Å². The molecule has 3 nitrogen and oxygen atoms in total. The van der Waals surface area contributed by atoms with E-state index in [0.29, 0.717) is 6.61 Å². The zero-order valence-corrected chi connectivity index (χ0v) is 18.4. The molecule has 160 valence electrons. The minimum Gasteiger partial charge on any atom is -0.494 e. The molecule has 0 aliphatic heterocycles. The number of hydrogen-bond acceptors (Lipinski definition) is 3. The van der Waals surface area contributed by atoms with Gasteiger partial charge in [0.05, 0.1) is 6.61 Å². The van der Waals surface area contributed by atoms with Gasteiger partial charge in [-0.2, -0.15) is 0 Å². The minimum atomic E-state index is 0.340. The highest BCUT2D eigenvalue weighted by molar-refractivity contribution is 5.47.